The number of nitrogens with one attached hydrogen (secondary N) is 3. The molecule has 1 aliphatic carbocycles. The van der Waals surface area contributed by atoms with Gasteiger partial charge in [-0.25, -0.2) is 4.39 Å². The van der Waals surface area contributed by atoms with Gasteiger partial charge in [-0.2, -0.15) is 0 Å². The number of ether oxygens (including phenoxy) is 3. The third-order valence-corrected chi connectivity index (χ3v) is 12.6. The zero-order chi connectivity index (χ0) is 44.0. The number of piperidine rings is 1. The fourth-order valence-corrected chi connectivity index (χ4v) is 8.98. The van der Waals surface area contributed by atoms with E-state index in [0.29, 0.717) is 55.9 Å². The van der Waals surface area contributed by atoms with Gasteiger partial charge in [0.15, 0.2) is 0 Å². The standard InChI is InChI=1S/C47H51FN6O9/c1-28(29-5-7-30(8-6-29)35-17-19-49-38-14-9-31(48)25-37(35)38)44(57)51-32-10-12-33(13-11-32)63-34-26-53(27-34)42(56)18-21-61-23-24-62-22-20-50-39-4-2-3-36-43(39)47(60)54(46(36)59)40-15-16-41(55)52-45(40)58/h2-4,9-14,17,19,25,28-30,34,40,50H,5-8,15-16,18,20-24,26-27H2,1H3,(H,51,57)(H,52,55,58)/t28-,29-,30+,40?/m1/s1. The van der Waals surface area contributed by atoms with Gasteiger partial charge in [0.25, 0.3) is 11.8 Å². The van der Waals surface area contributed by atoms with Gasteiger partial charge in [0.05, 0.1) is 62.6 Å². The number of imide groups is 2. The van der Waals surface area contributed by atoms with Crippen molar-refractivity contribution in [1.29, 1.82) is 0 Å². The summed E-state index contributed by atoms with van der Waals surface area (Å²) in [6.07, 6.45) is 5.74. The highest BCUT2D eigenvalue weighted by molar-refractivity contribution is 6.25. The average molecular weight is 863 g/mol. The minimum atomic E-state index is -1.03. The fourth-order valence-electron chi connectivity index (χ4n) is 8.98. The average Bonchev–Trinajstić information content (AvgIpc) is 3.52. The molecule has 8 rings (SSSR count). The summed E-state index contributed by atoms with van der Waals surface area (Å²) >= 11 is 0. The van der Waals surface area contributed by atoms with E-state index in [0.717, 1.165) is 47.0 Å². The van der Waals surface area contributed by atoms with Crippen molar-refractivity contribution in [3.8, 4) is 5.75 Å². The number of aromatic nitrogens is 1. The second-order valence-corrected chi connectivity index (χ2v) is 16.6. The van der Waals surface area contributed by atoms with E-state index in [2.05, 4.69) is 20.9 Å². The van der Waals surface area contributed by atoms with Crippen molar-refractivity contribution in [2.75, 3.05) is 56.7 Å². The van der Waals surface area contributed by atoms with Gasteiger partial charge in [-0.05, 0) is 110 Å². The molecule has 0 spiro atoms. The van der Waals surface area contributed by atoms with Gasteiger partial charge in [0.2, 0.25) is 23.6 Å². The van der Waals surface area contributed by atoms with Crippen LogP contribution in [0.4, 0.5) is 15.8 Å². The lowest BCUT2D eigenvalue weighted by Gasteiger charge is -2.39. The minimum Gasteiger partial charge on any atom is -0.487 e. The highest BCUT2D eigenvalue weighted by atomic mass is 19.1. The molecule has 0 bridgehead atoms. The summed E-state index contributed by atoms with van der Waals surface area (Å²) in [5.74, 6) is -1.47. The Hall–Kier alpha value is -6.26. The maximum Gasteiger partial charge on any atom is 0.264 e. The number of likely N-dealkylation sites (tertiary alicyclic amines) is 1. The van der Waals surface area contributed by atoms with Crippen LogP contribution < -0.4 is 20.7 Å². The molecule has 2 atom stereocenters. The molecule has 6 amide bonds. The van der Waals surface area contributed by atoms with E-state index < -0.39 is 29.7 Å². The number of carbonyl (C=O) groups is 6. The molecule has 15 nitrogen and oxygen atoms in total. The predicted molar refractivity (Wildman–Crippen MR) is 229 cm³/mol. The molecule has 16 heteroatoms. The molecule has 63 heavy (non-hydrogen) atoms. The van der Waals surface area contributed by atoms with Crippen molar-refractivity contribution < 1.29 is 47.4 Å². The number of carbonyl (C=O) groups excluding carboxylic acids is 6. The topological polar surface area (TPSA) is 186 Å². The van der Waals surface area contributed by atoms with Gasteiger partial charge in [-0.1, -0.05) is 13.0 Å². The first-order valence-corrected chi connectivity index (χ1v) is 21.7. The van der Waals surface area contributed by atoms with Crippen LogP contribution in [0.25, 0.3) is 10.9 Å². The zero-order valence-electron chi connectivity index (χ0n) is 35.1. The lowest BCUT2D eigenvalue weighted by atomic mass is 9.73. The van der Waals surface area contributed by atoms with Gasteiger partial charge in [-0.3, -0.25) is 44.0 Å². The van der Waals surface area contributed by atoms with Crippen LogP contribution in [-0.4, -0.2) is 108 Å². The van der Waals surface area contributed by atoms with E-state index in [1.165, 1.54) is 12.1 Å². The van der Waals surface area contributed by atoms with Crippen molar-refractivity contribution in [1.82, 2.24) is 20.1 Å². The monoisotopic (exact) mass is 862 g/mol. The number of rotatable bonds is 17. The molecule has 4 heterocycles. The number of benzene rings is 3. The van der Waals surface area contributed by atoms with Crippen LogP contribution in [0, 0.1) is 17.7 Å². The number of pyridine rings is 1. The van der Waals surface area contributed by atoms with E-state index in [1.807, 2.05) is 37.3 Å². The van der Waals surface area contributed by atoms with Crippen molar-refractivity contribution >= 4 is 57.7 Å². The van der Waals surface area contributed by atoms with Crippen LogP contribution in [0.5, 0.6) is 5.75 Å². The van der Waals surface area contributed by atoms with Crippen LogP contribution in [0.1, 0.15) is 84.1 Å². The first kappa shape index (κ1) is 43.4. The van der Waals surface area contributed by atoms with Crippen molar-refractivity contribution in [3.63, 3.8) is 0 Å². The highest BCUT2D eigenvalue weighted by Crippen LogP contribution is 2.41. The summed E-state index contributed by atoms with van der Waals surface area (Å²) in [6, 6.07) is 17.9. The molecule has 3 fully saturated rings. The molecule has 4 aromatic rings. The largest absolute Gasteiger partial charge is 0.487 e. The van der Waals surface area contributed by atoms with Crippen molar-refractivity contribution in [2.24, 2.45) is 11.8 Å². The van der Waals surface area contributed by atoms with E-state index in [-0.39, 0.29) is 79.2 Å². The van der Waals surface area contributed by atoms with Gasteiger partial charge in [0, 0.05) is 41.8 Å². The molecule has 1 unspecified atom stereocenters. The predicted octanol–water partition coefficient (Wildman–Crippen LogP) is 5.45. The van der Waals surface area contributed by atoms with E-state index >= 15 is 0 Å². The Morgan fingerprint density at radius 1 is 0.889 bits per heavy atom. The van der Waals surface area contributed by atoms with Gasteiger partial charge in [-0.15, -0.1) is 0 Å². The molecule has 3 N–H and O–H groups in total. The Morgan fingerprint density at radius 2 is 1.65 bits per heavy atom. The lowest BCUT2D eigenvalue weighted by Crippen LogP contribution is -2.56. The first-order valence-electron chi connectivity index (χ1n) is 21.7. The van der Waals surface area contributed by atoms with Crippen LogP contribution in [0.15, 0.2) is 72.9 Å². The second kappa shape index (κ2) is 19.4. The molecular weight excluding hydrogens is 812 g/mol. The maximum absolute atomic E-state index is 14.0. The first-order chi connectivity index (χ1) is 30.5. The third kappa shape index (κ3) is 9.87. The van der Waals surface area contributed by atoms with Gasteiger partial charge in [0.1, 0.15) is 23.7 Å². The van der Waals surface area contributed by atoms with Crippen LogP contribution >= 0.6 is 0 Å². The molecule has 1 aromatic heterocycles. The van der Waals surface area contributed by atoms with Crippen LogP contribution in [0.2, 0.25) is 0 Å². The summed E-state index contributed by atoms with van der Waals surface area (Å²) in [7, 11) is 0. The molecule has 3 aliphatic heterocycles. The maximum atomic E-state index is 14.0. The number of fused-ring (bicyclic) bond motifs is 2. The number of halogens is 1. The molecular formula is C47H51FN6O9. The Morgan fingerprint density at radius 3 is 2.41 bits per heavy atom. The van der Waals surface area contributed by atoms with Crippen molar-refractivity contribution in [2.45, 2.75) is 69.9 Å². The Bertz CT molecular complexity index is 2380. The number of hydrogen-bond donors (Lipinski definition) is 3. The molecule has 1 saturated carbocycles. The summed E-state index contributed by atoms with van der Waals surface area (Å²) in [5.41, 5.74) is 3.46. The third-order valence-electron chi connectivity index (χ3n) is 12.6. The summed E-state index contributed by atoms with van der Waals surface area (Å²) < 4.78 is 31.3. The van der Waals surface area contributed by atoms with E-state index in [9.17, 15) is 33.2 Å². The molecule has 2 saturated heterocycles. The number of anilines is 2. The Balaban J connectivity index is 0.671. The molecule has 3 aromatic carbocycles. The normalized spacial score (nSPS) is 20.6. The van der Waals surface area contributed by atoms with E-state index in [4.69, 9.17) is 14.2 Å². The Kier molecular flexibility index (Phi) is 13.4. The smallest absolute Gasteiger partial charge is 0.264 e. The lowest BCUT2D eigenvalue weighted by molar-refractivity contribution is -0.141. The van der Waals surface area contributed by atoms with Gasteiger partial charge >= 0.3 is 0 Å². The number of amides is 6. The molecule has 330 valence electrons. The summed E-state index contributed by atoms with van der Waals surface area (Å²) in [6.45, 7) is 4.39. The van der Waals surface area contributed by atoms with Crippen LogP contribution in [-0.2, 0) is 28.7 Å². The van der Waals surface area contributed by atoms with E-state index in [1.54, 1.807) is 35.4 Å². The number of nitrogens with zero attached hydrogens (tertiary/aromatic N) is 3. The highest BCUT2D eigenvalue weighted by Gasteiger charge is 2.45. The second-order valence-electron chi connectivity index (χ2n) is 16.6. The number of hydrogen-bond acceptors (Lipinski definition) is 11. The summed E-state index contributed by atoms with van der Waals surface area (Å²) in [4.78, 5) is 83.1. The molecule has 0 radical (unpaired) electrons. The fraction of sp³-hybridized carbons (Fsp3) is 0.426. The molecule has 4 aliphatic rings. The minimum absolute atomic E-state index is 0.0176. The summed E-state index contributed by atoms with van der Waals surface area (Å²) in [5, 5.41) is 9.25. The quantitative estimate of drug-likeness (QED) is 0.0906. The van der Waals surface area contributed by atoms with Gasteiger partial charge < -0.3 is 29.7 Å². The zero-order valence-corrected chi connectivity index (χ0v) is 35.1. The van der Waals surface area contributed by atoms with Crippen molar-refractivity contribution in [3.05, 3.63) is 95.4 Å². The Labute approximate surface area is 364 Å². The SMILES string of the molecule is C[C@@H](C(=O)Nc1ccc(OC2CN(C(=O)CCOCCOCCNc3cccc4c3C(=O)N(C3CCC(=O)NC3=O)C4=O)C2)cc1)[C@H]1CC[C@@H](c2ccnc3ccc(F)cc32)CC1. The van der Waals surface area contributed by atoms with Crippen LogP contribution in [0.3, 0.4) is 0 Å².